The van der Waals surface area contributed by atoms with Gasteiger partial charge in [0.05, 0.1) is 14.2 Å². The molecule has 0 spiro atoms. The van der Waals surface area contributed by atoms with Crippen LogP contribution < -0.4 is 0 Å². The Morgan fingerprint density at radius 3 is 1.03 bits per heavy atom. The first-order valence-electron chi connectivity index (χ1n) is 13.2. The van der Waals surface area contributed by atoms with Gasteiger partial charge in [-0.1, -0.05) is 57.8 Å². The van der Waals surface area contributed by atoms with Crippen LogP contribution in [-0.4, -0.2) is 47.6 Å². The van der Waals surface area contributed by atoms with Crippen LogP contribution in [0.4, 0.5) is 0 Å². The second-order valence-corrected chi connectivity index (χ2v) is 9.68. The molecule has 2 rings (SSSR count). The van der Waals surface area contributed by atoms with E-state index in [9.17, 15) is 29.4 Å². The van der Waals surface area contributed by atoms with Crippen molar-refractivity contribution in [3.63, 3.8) is 0 Å². The first kappa shape index (κ1) is 30.1. The molecule has 0 heterocycles. The van der Waals surface area contributed by atoms with Crippen LogP contribution in [0.5, 0.6) is 0 Å². The maximum atomic E-state index is 12.4. The maximum Gasteiger partial charge on any atom is 0.227 e. The molecule has 0 aromatic carbocycles. The maximum absolute atomic E-state index is 12.4. The lowest BCUT2D eigenvalue weighted by atomic mass is 9.90. The van der Waals surface area contributed by atoms with Crippen LogP contribution in [0.25, 0.3) is 0 Å². The van der Waals surface area contributed by atoms with Crippen molar-refractivity contribution in [2.75, 3.05) is 14.2 Å². The molecule has 0 aromatic rings. The third kappa shape index (κ3) is 7.43. The molecule has 0 saturated heterocycles. The number of allylic oxidation sites excluding steroid dienone is 4. The number of hydrogen-bond acceptors (Lipinski definition) is 8. The SMILES string of the molecule is COC1=C(C)C(=O)C(O)=C(CCCCCCCCCCCCCC2=C(O)C(=O)C(C)=C(OC)C2=O)C1=O. The minimum Gasteiger partial charge on any atom is -0.504 e. The molecule has 0 fully saturated rings. The van der Waals surface area contributed by atoms with Crippen LogP contribution in [0.15, 0.2) is 45.3 Å². The molecular formula is C29H40O8. The van der Waals surface area contributed by atoms with Crippen LogP contribution in [0.1, 0.15) is 97.3 Å². The topological polar surface area (TPSA) is 127 Å². The summed E-state index contributed by atoms with van der Waals surface area (Å²) in [6, 6.07) is 0. The predicted molar refractivity (Wildman–Crippen MR) is 139 cm³/mol. The standard InChI is InChI=1S/C29H40O8/c1-18-22(30)24(32)20(26(34)28(18)36-3)16-14-12-10-8-6-5-7-9-11-13-15-17-21-25(33)23(31)19(2)29(37-4)27(21)35/h32-33H,5-17H2,1-4H3. The summed E-state index contributed by atoms with van der Waals surface area (Å²) in [7, 11) is 2.71. The van der Waals surface area contributed by atoms with Crippen LogP contribution in [0.3, 0.4) is 0 Å². The quantitative estimate of drug-likeness (QED) is 0.194. The second-order valence-electron chi connectivity index (χ2n) is 9.68. The van der Waals surface area contributed by atoms with E-state index in [2.05, 4.69) is 0 Å². The lowest BCUT2D eigenvalue weighted by molar-refractivity contribution is -0.120. The molecule has 0 amide bonds. The zero-order valence-corrected chi connectivity index (χ0v) is 22.5. The number of carbonyl (C=O) groups is 4. The highest BCUT2D eigenvalue weighted by Crippen LogP contribution is 2.28. The summed E-state index contributed by atoms with van der Waals surface area (Å²) in [6.07, 6.45) is 11.7. The molecule has 0 aliphatic heterocycles. The van der Waals surface area contributed by atoms with E-state index in [4.69, 9.17) is 9.47 Å². The van der Waals surface area contributed by atoms with Gasteiger partial charge in [0, 0.05) is 22.3 Å². The molecule has 8 heteroatoms. The van der Waals surface area contributed by atoms with Gasteiger partial charge in [0.15, 0.2) is 23.0 Å². The average molecular weight is 517 g/mol. The molecule has 2 aliphatic rings. The van der Waals surface area contributed by atoms with E-state index in [1.54, 1.807) is 0 Å². The van der Waals surface area contributed by atoms with Gasteiger partial charge in [-0.15, -0.1) is 0 Å². The number of Topliss-reactive ketones (excluding diaryl/α,β-unsaturated/α-hetero) is 4. The molecule has 0 radical (unpaired) electrons. The fourth-order valence-corrected chi connectivity index (χ4v) is 4.82. The van der Waals surface area contributed by atoms with Crippen LogP contribution in [0.2, 0.25) is 0 Å². The van der Waals surface area contributed by atoms with Crippen molar-refractivity contribution in [2.45, 2.75) is 97.3 Å². The number of ether oxygens (including phenoxy) is 2. The second kappa shape index (κ2) is 14.5. The van der Waals surface area contributed by atoms with Gasteiger partial charge in [-0.05, 0) is 39.5 Å². The van der Waals surface area contributed by atoms with Gasteiger partial charge in [0.1, 0.15) is 0 Å². The fraction of sp³-hybridized carbons (Fsp3) is 0.586. The molecule has 37 heavy (non-hydrogen) atoms. The lowest BCUT2D eigenvalue weighted by Gasteiger charge is -2.18. The summed E-state index contributed by atoms with van der Waals surface area (Å²) in [6.45, 7) is 2.96. The number of hydrogen-bond donors (Lipinski definition) is 2. The van der Waals surface area contributed by atoms with E-state index in [-0.39, 0.29) is 33.8 Å². The molecule has 0 saturated carbocycles. The minimum absolute atomic E-state index is 0.0260. The zero-order chi connectivity index (χ0) is 27.5. The van der Waals surface area contributed by atoms with E-state index in [1.165, 1.54) is 28.1 Å². The van der Waals surface area contributed by atoms with Crippen molar-refractivity contribution in [1.29, 1.82) is 0 Å². The average Bonchev–Trinajstić information content (AvgIpc) is 2.88. The van der Waals surface area contributed by atoms with E-state index in [0.717, 1.165) is 70.6 Å². The summed E-state index contributed by atoms with van der Waals surface area (Å²) < 4.78 is 10.1. The molecule has 2 N–H and O–H groups in total. The van der Waals surface area contributed by atoms with E-state index < -0.39 is 34.7 Å². The first-order valence-corrected chi connectivity index (χ1v) is 13.2. The summed E-state index contributed by atoms with van der Waals surface area (Å²) >= 11 is 0. The van der Waals surface area contributed by atoms with Crippen LogP contribution >= 0.6 is 0 Å². The Labute approximate surface area is 219 Å². The van der Waals surface area contributed by atoms with Gasteiger partial charge < -0.3 is 19.7 Å². The van der Waals surface area contributed by atoms with Crippen molar-refractivity contribution < 1.29 is 38.9 Å². The van der Waals surface area contributed by atoms with Crippen LogP contribution in [-0.2, 0) is 28.7 Å². The molecule has 2 aliphatic carbocycles. The van der Waals surface area contributed by atoms with E-state index >= 15 is 0 Å². The van der Waals surface area contributed by atoms with Crippen molar-refractivity contribution in [3.8, 4) is 0 Å². The molecule has 0 bridgehead atoms. The Hall–Kier alpha value is -3.16. The molecule has 8 nitrogen and oxygen atoms in total. The summed E-state index contributed by atoms with van der Waals surface area (Å²) in [5, 5.41) is 20.1. The minimum atomic E-state index is -0.535. The first-order chi connectivity index (χ1) is 17.7. The fourth-order valence-electron chi connectivity index (χ4n) is 4.82. The van der Waals surface area contributed by atoms with Gasteiger partial charge >= 0.3 is 0 Å². The lowest BCUT2D eigenvalue weighted by Crippen LogP contribution is -2.24. The highest BCUT2D eigenvalue weighted by atomic mass is 16.5. The number of rotatable bonds is 16. The molecule has 0 unspecified atom stereocenters. The van der Waals surface area contributed by atoms with Crippen molar-refractivity contribution in [2.24, 2.45) is 0 Å². The van der Waals surface area contributed by atoms with Gasteiger partial charge in [-0.25, -0.2) is 0 Å². The Kier molecular flexibility index (Phi) is 11.8. The summed E-state index contributed by atoms with van der Waals surface area (Å²) in [5.41, 5.74) is 0.608. The highest BCUT2D eigenvalue weighted by molar-refractivity contribution is 6.23. The van der Waals surface area contributed by atoms with Gasteiger partial charge in [0.25, 0.3) is 0 Å². The molecule has 0 aromatic heterocycles. The Bertz CT molecular complexity index is 956. The van der Waals surface area contributed by atoms with Gasteiger partial charge in [-0.3, -0.25) is 19.2 Å². The Morgan fingerprint density at radius 2 is 0.757 bits per heavy atom. The third-order valence-electron chi connectivity index (χ3n) is 7.09. The van der Waals surface area contributed by atoms with Gasteiger partial charge in [0.2, 0.25) is 23.1 Å². The normalized spacial score (nSPS) is 17.0. The summed E-state index contributed by atoms with van der Waals surface area (Å²) in [4.78, 5) is 49.0. The van der Waals surface area contributed by atoms with Gasteiger partial charge in [-0.2, -0.15) is 0 Å². The highest BCUT2D eigenvalue weighted by Gasteiger charge is 2.34. The molecular weight excluding hydrogens is 476 g/mol. The number of aliphatic hydroxyl groups is 2. The van der Waals surface area contributed by atoms with Crippen molar-refractivity contribution in [3.05, 3.63) is 45.3 Å². The predicted octanol–water partition coefficient (Wildman–Crippen LogP) is 5.83. The van der Waals surface area contributed by atoms with Crippen LogP contribution in [0, 0.1) is 0 Å². The smallest absolute Gasteiger partial charge is 0.227 e. The number of unbranched alkanes of at least 4 members (excludes halogenated alkanes) is 10. The van der Waals surface area contributed by atoms with E-state index in [0.29, 0.717) is 12.8 Å². The monoisotopic (exact) mass is 516 g/mol. The zero-order valence-electron chi connectivity index (χ0n) is 22.5. The van der Waals surface area contributed by atoms with Crippen molar-refractivity contribution >= 4 is 23.1 Å². The Balaban J connectivity index is 1.53. The number of methoxy groups -OCH3 is 2. The van der Waals surface area contributed by atoms with E-state index in [1.807, 2.05) is 0 Å². The Morgan fingerprint density at radius 1 is 0.486 bits per heavy atom. The number of carbonyl (C=O) groups excluding carboxylic acids is 4. The largest absolute Gasteiger partial charge is 0.504 e. The molecule has 0 atom stereocenters. The number of ketones is 4. The number of aliphatic hydroxyl groups excluding tert-OH is 2. The van der Waals surface area contributed by atoms with Crippen molar-refractivity contribution in [1.82, 2.24) is 0 Å². The molecule has 204 valence electrons. The third-order valence-corrected chi connectivity index (χ3v) is 7.09. The summed E-state index contributed by atoms with van der Waals surface area (Å²) in [5.74, 6) is -2.69.